The third-order valence-corrected chi connectivity index (χ3v) is 15.2. The van der Waals surface area contributed by atoms with Gasteiger partial charge in [-0.05, 0) is 28.1 Å². The lowest BCUT2D eigenvalue weighted by atomic mass is 9.93. The first kappa shape index (κ1) is 42.6. The number of carbonyl (C=O) groups is 3. The van der Waals surface area contributed by atoms with E-state index in [1.54, 1.807) is 12.1 Å². The second-order valence-electron chi connectivity index (χ2n) is 13.8. The summed E-state index contributed by atoms with van der Waals surface area (Å²) in [5, 5.41) is 2.89. The van der Waals surface area contributed by atoms with Crippen LogP contribution in [0.25, 0.3) is 0 Å². The molecule has 0 bridgehead atoms. The van der Waals surface area contributed by atoms with E-state index < -0.39 is 91.8 Å². The van der Waals surface area contributed by atoms with Gasteiger partial charge in [0, 0.05) is 5.92 Å². The summed E-state index contributed by atoms with van der Waals surface area (Å²) in [5.41, 5.74) is 0.984. The summed E-state index contributed by atoms with van der Waals surface area (Å²) in [4.78, 5) is 39.9. The molecule has 2 aromatic carbocycles. The Balaban J connectivity index is 2.47. The van der Waals surface area contributed by atoms with E-state index in [1.165, 1.54) is 13.8 Å². The van der Waals surface area contributed by atoms with E-state index in [9.17, 15) is 36.3 Å². The monoisotopic (exact) mass is 731 g/mol. The van der Waals surface area contributed by atoms with E-state index in [0.29, 0.717) is 6.42 Å². The maximum Gasteiger partial charge on any atom is 0.407 e. The van der Waals surface area contributed by atoms with Gasteiger partial charge in [0.2, 0.25) is 49.3 Å². The van der Waals surface area contributed by atoms with Crippen molar-refractivity contribution in [3.05, 3.63) is 65.0 Å². The van der Waals surface area contributed by atoms with Crippen LogP contribution in [0.4, 0.5) is 26.7 Å². The number of rotatable bonds is 17. The van der Waals surface area contributed by atoms with Crippen LogP contribution in [-0.2, 0) is 30.1 Å². The zero-order valence-corrected chi connectivity index (χ0v) is 31.4. The number of carbonyl (C=O) groups excluding carboxylic acids is 3. The number of benzene rings is 2. The lowest BCUT2D eigenvalue weighted by molar-refractivity contribution is -0.167. The van der Waals surface area contributed by atoms with Crippen molar-refractivity contribution in [3.8, 4) is 5.75 Å². The Labute approximate surface area is 292 Å². The number of ether oxygens (including phenoxy) is 3. The Kier molecular flexibility index (Phi) is 15.9. The fourth-order valence-electron chi connectivity index (χ4n) is 6.31. The molecule has 0 saturated heterocycles. The Hall–Kier alpha value is -3.52. The standard InChI is InChI=1S/C36H50F5NO7Si/c1-11-23(10)32(42-36(45)46-18-24-15-13-12-14-16-24)25(49-50(20(4)5,21(6)7)22(8)9)17-26(43)47-33(19(2)3)35(44)48-34-30(40)28(38)27(37)29(39)31(34)41/h12-16,19-23,25,32-33H,11,17-18H2,1-10H3,(H,42,45)/t23-,25-,32+,33-/m0/s1. The van der Waals surface area contributed by atoms with Crippen LogP contribution in [0.15, 0.2) is 30.3 Å². The van der Waals surface area contributed by atoms with E-state index in [0.717, 1.165) is 5.56 Å². The number of alkyl carbamates (subject to hydrolysis) is 1. The van der Waals surface area contributed by atoms with Crippen LogP contribution >= 0.6 is 0 Å². The van der Waals surface area contributed by atoms with Gasteiger partial charge in [0.05, 0.1) is 18.6 Å². The molecule has 0 aliphatic rings. The van der Waals surface area contributed by atoms with Gasteiger partial charge in [0.15, 0.2) is 0 Å². The lowest BCUT2D eigenvalue weighted by Gasteiger charge is -2.46. The van der Waals surface area contributed by atoms with Gasteiger partial charge in [-0.2, -0.15) is 8.78 Å². The summed E-state index contributed by atoms with van der Waals surface area (Å²) in [7, 11) is -2.74. The van der Waals surface area contributed by atoms with Crippen molar-refractivity contribution in [1.29, 1.82) is 0 Å². The van der Waals surface area contributed by atoms with Crippen molar-refractivity contribution in [2.75, 3.05) is 0 Å². The molecular weight excluding hydrogens is 681 g/mol. The largest absolute Gasteiger partial charge is 0.450 e. The molecule has 4 atom stereocenters. The number of amides is 1. The molecule has 0 aromatic heterocycles. The molecule has 2 rings (SSSR count). The maximum atomic E-state index is 14.3. The highest BCUT2D eigenvalue weighted by atomic mass is 28.4. The molecule has 0 spiro atoms. The topological polar surface area (TPSA) is 100 Å². The molecule has 0 aliphatic heterocycles. The first-order valence-electron chi connectivity index (χ1n) is 16.9. The van der Waals surface area contributed by atoms with Gasteiger partial charge >= 0.3 is 18.0 Å². The molecule has 8 nitrogen and oxygen atoms in total. The van der Waals surface area contributed by atoms with Gasteiger partial charge < -0.3 is 24.0 Å². The molecule has 0 heterocycles. The summed E-state index contributed by atoms with van der Waals surface area (Å²) >= 11 is 0. The summed E-state index contributed by atoms with van der Waals surface area (Å²) < 4.78 is 92.3. The fourth-order valence-corrected chi connectivity index (χ4v) is 11.9. The molecular formula is C36H50F5NO7Si. The highest BCUT2D eigenvalue weighted by molar-refractivity contribution is 6.77. The minimum atomic E-state index is -2.74. The zero-order chi connectivity index (χ0) is 38.1. The van der Waals surface area contributed by atoms with Gasteiger partial charge in [-0.15, -0.1) is 0 Å². The second kappa shape index (κ2) is 18.6. The average molecular weight is 732 g/mol. The molecule has 0 radical (unpaired) electrons. The van der Waals surface area contributed by atoms with E-state index in [1.807, 2.05) is 73.6 Å². The normalized spacial score (nSPS) is 14.5. The SMILES string of the molecule is CC[C@H](C)[C@@H](NC(=O)OCc1ccccc1)[C@H](CC(=O)O[C@H](C(=O)Oc1c(F)c(F)c(F)c(F)c1F)C(C)C)O[Si](C(C)C)(C(C)C)C(C)C. The predicted octanol–water partition coefficient (Wildman–Crippen LogP) is 9.15. The first-order chi connectivity index (χ1) is 23.3. The molecule has 0 unspecified atom stereocenters. The van der Waals surface area contributed by atoms with Crippen molar-refractivity contribution < 1.29 is 55.0 Å². The number of halogens is 5. The molecule has 50 heavy (non-hydrogen) atoms. The van der Waals surface area contributed by atoms with Gasteiger partial charge in [-0.25, -0.2) is 22.8 Å². The summed E-state index contributed by atoms with van der Waals surface area (Å²) in [5.74, 6) is -17.2. The zero-order valence-electron chi connectivity index (χ0n) is 30.4. The van der Waals surface area contributed by atoms with E-state index in [2.05, 4.69) is 10.1 Å². The van der Waals surface area contributed by atoms with E-state index in [4.69, 9.17) is 13.9 Å². The van der Waals surface area contributed by atoms with Gasteiger partial charge in [-0.3, -0.25) is 4.79 Å². The van der Waals surface area contributed by atoms with Crippen LogP contribution in [0.1, 0.15) is 87.6 Å². The van der Waals surface area contributed by atoms with Gasteiger partial charge in [-0.1, -0.05) is 106 Å². The second-order valence-corrected chi connectivity index (χ2v) is 19.2. The number of nitrogens with one attached hydrogen (secondary N) is 1. The molecule has 0 saturated carbocycles. The quantitative estimate of drug-likeness (QED) is 0.0433. The van der Waals surface area contributed by atoms with Crippen LogP contribution in [0.2, 0.25) is 16.6 Å². The molecule has 280 valence electrons. The van der Waals surface area contributed by atoms with Crippen molar-refractivity contribution in [2.24, 2.45) is 11.8 Å². The van der Waals surface area contributed by atoms with Crippen LogP contribution < -0.4 is 10.1 Å². The molecule has 1 amide bonds. The first-order valence-corrected chi connectivity index (χ1v) is 19.0. The summed E-state index contributed by atoms with van der Waals surface area (Å²) in [6.07, 6.45) is -3.40. The lowest BCUT2D eigenvalue weighted by Crippen LogP contribution is -2.57. The van der Waals surface area contributed by atoms with Crippen LogP contribution in [0.5, 0.6) is 5.75 Å². The van der Waals surface area contributed by atoms with Crippen molar-refractivity contribution in [2.45, 2.75) is 124 Å². The predicted molar refractivity (Wildman–Crippen MR) is 180 cm³/mol. The van der Waals surface area contributed by atoms with Crippen molar-refractivity contribution in [3.63, 3.8) is 0 Å². The number of hydrogen-bond donors (Lipinski definition) is 1. The molecule has 0 fully saturated rings. The van der Waals surface area contributed by atoms with Crippen molar-refractivity contribution >= 4 is 26.3 Å². The highest BCUT2D eigenvalue weighted by Gasteiger charge is 2.49. The number of hydrogen-bond acceptors (Lipinski definition) is 7. The Morgan fingerprint density at radius 2 is 1.26 bits per heavy atom. The fraction of sp³-hybridized carbons (Fsp3) is 0.583. The average Bonchev–Trinajstić information content (AvgIpc) is 3.06. The summed E-state index contributed by atoms with van der Waals surface area (Å²) in [6.45, 7) is 18.9. The molecule has 14 heteroatoms. The van der Waals surface area contributed by atoms with E-state index in [-0.39, 0.29) is 29.1 Å². The molecule has 1 N–H and O–H groups in total. The van der Waals surface area contributed by atoms with Gasteiger partial charge in [0.25, 0.3) is 0 Å². The third-order valence-electron chi connectivity index (χ3n) is 9.05. The Morgan fingerprint density at radius 1 is 0.760 bits per heavy atom. The van der Waals surface area contributed by atoms with E-state index >= 15 is 0 Å². The molecule has 0 aliphatic carbocycles. The van der Waals surface area contributed by atoms with Crippen LogP contribution in [-0.4, -0.2) is 44.6 Å². The minimum Gasteiger partial charge on any atom is -0.450 e. The highest BCUT2D eigenvalue weighted by Crippen LogP contribution is 2.44. The summed E-state index contributed by atoms with van der Waals surface area (Å²) in [6, 6.07) is 8.29. The Bertz CT molecular complexity index is 1410. The minimum absolute atomic E-state index is 0.00262. The van der Waals surface area contributed by atoms with Crippen LogP contribution in [0, 0.1) is 40.9 Å². The van der Waals surface area contributed by atoms with Crippen LogP contribution in [0.3, 0.4) is 0 Å². The van der Waals surface area contributed by atoms with Gasteiger partial charge in [0.1, 0.15) is 6.61 Å². The smallest absolute Gasteiger partial charge is 0.407 e. The van der Waals surface area contributed by atoms with Crippen molar-refractivity contribution in [1.82, 2.24) is 5.32 Å². The molecule has 2 aromatic rings. The third kappa shape index (κ3) is 10.3. The Morgan fingerprint density at radius 3 is 1.72 bits per heavy atom. The maximum absolute atomic E-state index is 14.3. The number of esters is 2.